The van der Waals surface area contributed by atoms with Crippen molar-refractivity contribution in [1.82, 2.24) is 4.90 Å². The molecule has 3 aromatic rings. The second-order valence-electron chi connectivity index (χ2n) is 8.25. The number of non-ortho nitro benzene ring substituents is 1. The Bertz CT molecular complexity index is 1320. The van der Waals surface area contributed by atoms with Crippen molar-refractivity contribution in [3.63, 3.8) is 0 Å². The van der Waals surface area contributed by atoms with Crippen molar-refractivity contribution >= 4 is 27.3 Å². The van der Waals surface area contributed by atoms with E-state index in [1.54, 1.807) is 4.90 Å². The average molecular weight is 496 g/mol. The first-order chi connectivity index (χ1) is 16.8. The number of carbonyl (C=O) groups excluding carboxylic acids is 1. The van der Waals surface area contributed by atoms with E-state index in [0.29, 0.717) is 24.6 Å². The number of anilines is 1. The fourth-order valence-electron chi connectivity index (χ4n) is 4.19. The maximum absolute atomic E-state index is 13.0. The van der Waals surface area contributed by atoms with Gasteiger partial charge in [-0.05, 0) is 54.7 Å². The second-order valence-corrected chi connectivity index (χ2v) is 9.93. The van der Waals surface area contributed by atoms with Gasteiger partial charge in [-0.2, -0.15) is 0 Å². The monoisotopic (exact) mass is 495 g/mol. The van der Waals surface area contributed by atoms with Crippen LogP contribution < -0.4 is 9.46 Å². The molecule has 0 radical (unpaired) electrons. The third-order valence-corrected chi connectivity index (χ3v) is 7.48. The second kappa shape index (κ2) is 10.1. The molecule has 9 nitrogen and oxygen atoms in total. The summed E-state index contributed by atoms with van der Waals surface area (Å²) in [5.74, 6) is 0.420. The highest BCUT2D eigenvalue weighted by Crippen LogP contribution is 2.31. The van der Waals surface area contributed by atoms with Gasteiger partial charge < -0.3 is 9.64 Å². The Balaban J connectivity index is 1.44. The summed E-state index contributed by atoms with van der Waals surface area (Å²) in [6, 6.07) is 19.5. The Labute approximate surface area is 203 Å². The molecule has 0 aliphatic carbocycles. The Morgan fingerprint density at radius 3 is 2.29 bits per heavy atom. The molecule has 0 spiro atoms. The summed E-state index contributed by atoms with van der Waals surface area (Å²) in [4.78, 5) is 25.1. The number of piperidine rings is 1. The Morgan fingerprint density at radius 1 is 1.03 bits per heavy atom. The first-order valence-electron chi connectivity index (χ1n) is 11.1. The summed E-state index contributed by atoms with van der Waals surface area (Å²) in [5.41, 5.74) is 1.35. The highest BCUT2D eigenvalue weighted by atomic mass is 32.2. The van der Waals surface area contributed by atoms with Crippen LogP contribution in [0.15, 0.2) is 77.7 Å². The molecule has 182 valence electrons. The van der Waals surface area contributed by atoms with Crippen molar-refractivity contribution in [3.8, 4) is 5.75 Å². The van der Waals surface area contributed by atoms with E-state index in [2.05, 4.69) is 16.9 Å². The van der Waals surface area contributed by atoms with Crippen LogP contribution in [-0.4, -0.2) is 44.3 Å². The minimum atomic E-state index is -4.07. The number of nitro benzene ring substituents is 1. The molecule has 1 saturated heterocycles. The lowest BCUT2D eigenvalue weighted by molar-refractivity contribution is -0.384. The van der Waals surface area contributed by atoms with E-state index in [1.807, 2.05) is 18.2 Å². The normalized spacial score (nSPS) is 14.4. The van der Waals surface area contributed by atoms with Crippen molar-refractivity contribution in [2.24, 2.45) is 0 Å². The zero-order valence-electron chi connectivity index (χ0n) is 19.1. The topological polar surface area (TPSA) is 119 Å². The van der Waals surface area contributed by atoms with Crippen LogP contribution >= 0.6 is 0 Å². The summed E-state index contributed by atoms with van der Waals surface area (Å²) in [6.07, 6.45) is 1.74. The van der Waals surface area contributed by atoms with Crippen LogP contribution in [0.3, 0.4) is 0 Å². The number of carbonyl (C=O) groups is 1. The van der Waals surface area contributed by atoms with E-state index >= 15 is 0 Å². The van der Waals surface area contributed by atoms with Crippen LogP contribution in [0.25, 0.3) is 0 Å². The summed E-state index contributed by atoms with van der Waals surface area (Å²) >= 11 is 0. The molecule has 1 aliphatic heterocycles. The predicted octanol–water partition coefficient (Wildman–Crippen LogP) is 4.42. The van der Waals surface area contributed by atoms with Gasteiger partial charge in [0, 0.05) is 30.8 Å². The number of ether oxygens (including phenoxy) is 1. The molecule has 1 aliphatic rings. The van der Waals surface area contributed by atoms with Gasteiger partial charge in [0.25, 0.3) is 21.6 Å². The maximum Gasteiger partial charge on any atom is 0.271 e. The molecule has 4 rings (SSSR count). The number of hydrogen-bond acceptors (Lipinski definition) is 6. The van der Waals surface area contributed by atoms with Gasteiger partial charge in [-0.3, -0.25) is 19.6 Å². The van der Waals surface area contributed by atoms with E-state index in [1.165, 1.54) is 49.1 Å². The SMILES string of the molecule is COc1ccc([N+](=O)[O-])cc1NS(=O)(=O)c1ccc(C(=O)N2CCC(c3ccccc3)CC2)cc1. The molecule has 0 unspecified atom stereocenters. The van der Waals surface area contributed by atoms with Gasteiger partial charge in [-0.25, -0.2) is 8.42 Å². The standard InChI is InChI=1S/C25H25N3O6S/c1-34-24-12-9-21(28(30)31)17-23(24)26-35(32,33)22-10-7-20(8-11-22)25(29)27-15-13-19(14-16-27)18-5-3-2-4-6-18/h2-12,17,19,26H,13-16H2,1H3. The van der Waals surface area contributed by atoms with Crippen molar-refractivity contribution in [1.29, 1.82) is 0 Å². The van der Waals surface area contributed by atoms with Gasteiger partial charge in [0.05, 0.1) is 22.6 Å². The first kappa shape index (κ1) is 24.2. The van der Waals surface area contributed by atoms with Crippen LogP contribution in [0, 0.1) is 10.1 Å². The number of methoxy groups -OCH3 is 1. The lowest BCUT2D eigenvalue weighted by atomic mass is 9.89. The van der Waals surface area contributed by atoms with E-state index in [0.717, 1.165) is 18.9 Å². The van der Waals surface area contributed by atoms with Crippen molar-refractivity contribution in [3.05, 3.63) is 94.0 Å². The maximum atomic E-state index is 13.0. The van der Waals surface area contributed by atoms with Gasteiger partial charge in [0.15, 0.2) is 0 Å². The van der Waals surface area contributed by atoms with Gasteiger partial charge >= 0.3 is 0 Å². The number of nitrogens with zero attached hydrogens (tertiary/aromatic N) is 2. The summed E-state index contributed by atoms with van der Waals surface area (Å²) in [7, 11) is -2.74. The summed E-state index contributed by atoms with van der Waals surface area (Å²) in [5, 5.41) is 11.1. The van der Waals surface area contributed by atoms with Crippen molar-refractivity contribution < 1.29 is 22.9 Å². The summed E-state index contributed by atoms with van der Waals surface area (Å²) in [6.45, 7) is 1.26. The number of nitrogens with one attached hydrogen (secondary N) is 1. The Hall–Kier alpha value is -3.92. The zero-order chi connectivity index (χ0) is 25.0. The lowest BCUT2D eigenvalue weighted by Crippen LogP contribution is -2.37. The van der Waals surface area contributed by atoms with Crippen LogP contribution in [0.5, 0.6) is 5.75 Å². The molecule has 1 heterocycles. The van der Waals surface area contributed by atoms with E-state index in [4.69, 9.17) is 4.74 Å². The quantitative estimate of drug-likeness (QED) is 0.383. The predicted molar refractivity (Wildman–Crippen MR) is 131 cm³/mol. The van der Waals surface area contributed by atoms with Crippen LogP contribution in [0.1, 0.15) is 34.7 Å². The first-order valence-corrected chi connectivity index (χ1v) is 12.6. The number of rotatable bonds is 7. The molecular formula is C25H25N3O6S. The number of hydrogen-bond donors (Lipinski definition) is 1. The highest BCUT2D eigenvalue weighted by Gasteiger charge is 2.25. The Morgan fingerprint density at radius 2 is 1.69 bits per heavy atom. The van der Waals surface area contributed by atoms with Crippen molar-refractivity contribution in [2.75, 3.05) is 24.9 Å². The van der Waals surface area contributed by atoms with Gasteiger partial charge in [0.1, 0.15) is 5.75 Å². The molecule has 0 aromatic heterocycles. The van der Waals surface area contributed by atoms with Crippen LogP contribution in [-0.2, 0) is 10.0 Å². The number of benzene rings is 3. The number of sulfonamides is 1. The molecule has 3 aromatic carbocycles. The smallest absolute Gasteiger partial charge is 0.271 e. The molecule has 0 bridgehead atoms. The Kier molecular flexibility index (Phi) is 7.02. The molecule has 1 N–H and O–H groups in total. The molecule has 0 saturated carbocycles. The highest BCUT2D eigenvalue weighted by molar-refractivity contribution is 7.92. The zero-order valence-corrected chi connectivity index (χ0v) is 19.9. The molecule has 0 atom stereocenters. The fraction of sp³-hybridized carbons (Fsp3) is 0.240. The lowest BCUT2D eigenvalue weighted by Gasteiger charge is -2.32. The summed E-state index contributed by atoms with van der Waals surface area (Å²) < 4.78 is 33.2. The van der Waals surface area contributed by atoms with E-state index in [-0.39, 0.29) is 27.9 Å². The molecule has 1 amide bonds. The molecular weight excluding hydrogens is 470 g/mol. The minimum absolute atomic E-state index is 0.0526. The third kappa shape index (κ3) is 5.43. The fourth-order valence-corrected chi connectivity index (χ4v) is 5.25. The average Bonchev–Trinajstić information content (AvgIpc) is 2.88. The van der Waals surface area contributed by atoms with Crippen LogP contribution in [0.2, 0.25) is 0 Å². The van der Waals surface area contributed by atoms with Crippen LogP contribution in [0.4, 0.5) is 11.4 Å². The van der Waals surface area contributed by atoms with Gasteiger partial charge in [-0.15, -0.1) is 0 Å². The molecule has 1 fully saturated rings. The molecule has 35 heavy (non-hydrogen) atoms. The minimum Gasteiger partial charge on any atom is -0.495 e. The van der Waals surface area contributed by atoms with E-state index < -0.39 is 14.9 Å². The van der Waals surface area contributed by atoms with Gasteiger partial charge in [-0.1, -0.05) is 30.3 Å². The number of amides is 1. The number of nitro groups is 1. The molecule has 10 heteroatoms. The largest absolute Gasteiger partial charge is 0.495 e. The van der Waals surface area contributed by atoms with Gasteiger partial charge in [0.2, 0.25) is 0 Å². The van der Waals surface area contributed by atoms with E-state index in [9.17, 15) is 23.3 Å². The van der Waals surface area contributed by atoms with Crippen molar-refractivity contribution in [2.45, 2.75) is 23.7 Å². The third-order valence-electron chi connectivity index (χ3n) is 6.10. The number of likely N-dealkylation sites (tertiary alicyclic amines) is 1.